The summed E-state index contributed by atoms with van der Waals surface area (Å²) in [5.41, 5.74) is 0. The van der Waals surface area contributed by atoms with E-state index in [1.165, 1.54) is 63.7 Å². The standard InChI is InChI=1S/C12H25N3S.ClH/c1-2-16-10-9-14-5-7-15(8-6-14)12-3-4-13-11-12;/h12-13H,2-11H2,1H3;1H. The van der Waals surface area contributed by atoms with Crippen molar-refractivity contribution in [1.29, 1.82) is 0 Å². The maximum absolute atomic E-state index is 3.46. The van der Waals surface area contributed by atoms with E-state index in [4.69, 9.17) is 0 Å². The van der Waals surface area contributed by atoms with Gasteiger partial charge < -0.3 is 5.32 Å². The first-order valence-corrected chi connectivity index (χ1v) is 7.80. The van der Waals surface area contributed by atoms with Gasteiger partial charge in [0.25, 0.3) is 0 Å². The smallest absolute Gasteiger partial charge is 0.0233 e. The molecule has 2 saturated heterocycles. The van der Waals surface area contributed by atoms with Gasteiger partial charge in [0.15, 0.2) is 0 Å². The van der Waals surface area contributed by atoms with Gasteiger partial charge in [0.2, 0.25) is 0 Å². The fourth-order valence-electron chi connectivity index (χ4n) is 2.64. The van der Waals surface area contributed by atoms with E-state index in [1.54, 1.807) is 0 Å². The van der Waals surface area contributed by atoms with Crippen LogP contribution < -0.4 is 5.32 Å². The van der Waals surface area contributed by atoms with Crippen LogP contribution in [0.3, 0.4) is 0 Å². The molecular weight excluding hydrogens is 254 g/mol. The second-order valence-corrected chi connectivity index (χ2v) is 6.12. The van der Waals surface area contributed by atoms with Crippen LogP contribution in [0, 0.1) is 0 Å². The van der Waals surface area contributed by atoms with Gasteiger partial charge in [-0.3, -0.25) is 9.80 Å². The minimum Gasteiger partial charge on any atom is -0.315 e. The number of hydrogen-bond acceptors (Lipinski definition) is 4. The predicted molar refractivity (Wildman–Crippen MR) is 79.5 cm³/mol. The number of halogens is 1. The summed E-state index contributed by atoms with van der Waals surface area (Å²) in [7, 11) is 0. The molecule has 3 nitrogen and oxygen atoms in total. The Balaban J connectivity index is 0.00000144. The van der Waals surface area contributed by atoms with E-state index < -0.39 is 0 Å². The van der Waals surface area contributed by atoms with E-state index in [1.807, 2.05) is 0 Å². The van der Waals surface area contributed by atoms with Crippen LogP contribution in [0.5, 0.6) is 0 Å². The van der Waals surface area contributed by atoms with Gasteiger partial charge in [-0.15, -0.1) is 12.4 Å². The van der Waals surface area contributed by atoms with E-state index >= 15 is 0 Å². The van der Waals surface area contributed by atoms with Crippen LogP contribution >= 0.6 is 24.2 Å². The Morgan fingerprint density at radius 2 is 2.00 bits per heavy atom. The number of thioether (sulfide) groups is 1. The van der Waals surface area contributed by atoms with Gasteiger partial charge in [0.1, 0.15) is 0 Å². The topological polar surface area (TPSA) is 18.5 Å². The third-order valence-electron chi connectivity index (χ3n) is 3.71. The summed E-state index contributed by atoms with van der Waals surface area (Å²) in [5, 5.41) is 3.46. The molecule has 2 fully saturated rings. The Morgan fingerprint density at radius 3 is 2.59 bits per heavy atom. The molecule has 2 rings (SSSR count). The number of nitrogens with zero attached hydrogens (tertiary/aromatic N) is 2. The molecule has 2 heterocycles. The largest absolute Gasteiger partial charge is 0.315 e. The van der Waals surface area contributed by atoms with Crippen molar-refractivity contribution in [3.63, 3.8) is 0 Å². The highest BCUT2D eigenvalue weighted by Crippen LogP contribution is 2.12. The van der Waals surface area contributed by atoms with E-state index in [9.17, 15) is 0 Å². The van der Waals surface area contributed by atoms with Gasteiger partial charge in [-0.05, 0) is 18.7 Å². The second kappa shape index (κ2) is 8.59. The van der Waals surface area contributed by atoms with E-state index in [-0.39, 0.29) is 12.4 Å². The zero-order valence-electron chi connectivity index (χ0n) is 10.9. The number of hydrogen-bond donors (Lipinski definition) is 1. The molecule has 0 aromatic rings. The Morgan fingerprint density at radius 1 is 1.24 bits per heavy atom. The number of nitrogens with one attached hydrogen (secondary N) is 1. The van der Waals surface area contributed by atoms with Gasteiger partial charge >= 0.3 is 0 Å². The van der Waals surface area contributed by atoms with Crippen molar-refractivity contribution in [2.24, 2.45) is 0 Å². The fourth-order valence-corrected chi connectivity index (χ4v) is 3.32. The molecule has 0 aromatic carbocycles. The average Bonchev–Trinajstić information content (AvgIpc) is 2.84. The third-order valence-corrected chi connectivity index (χ3v) is 4.59. The van der Waals surface area contributed by atoms with Crippen LogP contribution in [0.4, 0.5) is 0 Å². The zero-order valence-corrected chi connectivity index (χ0v) is 12.5. The van der Waals surface area contributed by atoms with Crippen LogP contribution in [0.1, 0.15) is 13.3 Å². The van der Waals surface area contributed by atoms with Crippen molar-refractivity contribution in [3.05, 3.63) is 0 Å². The molecule has 1 N–H and O–H groups in total. The molecule has 0 amide bonds. The van der Waals surface area contributed by atoms with Crippen LogP contribution in [-0.4, -0.2) is 73.2 Å². The van der Waals surface area contributed by atoms with Crippen molar-refractivity contribution < 1.29 is 0 Å². The van der Waals surface area contributed by atoms with E-state index in [0.29, 0.717) is 0 Å². The molecule has 0 bridgehead atoms. The fraction of sp³-hybridized carbons (Fsp3) is 1.00. The highest BCUT2D eigenvalue weighted by atomic mass is 35.5. The average molecular weight is 280 g/mol. The molecular formula is C12H26ClN3S. The molecule has 102 valence electrons. The lowest BCUT2D eigenvalue weighted by Crippen LogP contribution is -2.51. The van der Waals surface area contributed by atoms with Gasteiger partial charge in [-0.1, -0.05) is 6.92 Å². The molecule has 17 heavy (non-hydrogen) atoms. The Kier molecular flexibility index (Phi) is 7.87. The minimum atomic E-state index is 0. The van der Waals surface area contributed by atoms with Gasteiger partial charge in [-0.2, -0.15) is 11.8 Å². The first kappa shape index (κ1) is 15.6. The lowest BCUT2D eigenvalue weighted by atomic mass is 10.2. The number of piperazine rings is 1. The van der Waals surface area contributed by atoms with Crippen molar-refractivity contribution in [2.45, 2.75) is 19.4 Å². The lowest BCUT2D eigenvalue weighted by Gasteiger charge is -2.37. The van der Waals surface area contributed by atoms with Crippen LogP contribution in [0.15, 0.2) is 0 Å². The highest BCUT2D eigenvalue weighted by Gasteiger charge is 2.25. The summed E-state index contributed by atoms with van der Waals surface area (Å²) in [6.45, 7) is 11.1. The summed E-state index contributed by atoms with van der Waals surface area (Å²) >= 11 is 2.06. The van der Waals surface area contributed by atoms with E-state index in [2.05, 4.69) is 33.8 Å². The van der Waals surface area contributed by atoms with Crippen molar-refractivity contribution >= 4 is 24.2 Å². The molecule has 0 radical (unpaired) electrons. The monoisotopic (exact) mass is 279 g/mol. The SMILES string of the molecule is CCSCCN1CCN(C2CCNC2)CC1.Cl. The van der Waals surface area contributed by atoms with Crippen molar-refractivity contribution in [2.75, 3.05) is 57.3 Å². The molecule has 1 atom stereocenters. The summed E-state index contributed by atoms with van der Waals surface area (Å²) in [6, 6.07) is 0.826. The molecule has 0 aliphatic carbocycles. The third kappa shape index (κ3) is 4.95. The van der Waals surface area contributed by atoms with Crippen molar-refractivity contribution in [1.82, 2.24) is 15.1 Å². The maximum atomic E-state index is 3.46. The molecule has 0 aromatic heterocycles. The molecule has 2 aliphatic rings. The quantitative estimate of drug-likeness (QED) is 0.761. The second-order valence-electron chi connectivity index (χ2n) is 4.72. The Bertz CT molecular complexity index is 192. The molecule has 5 heteroatoms. The summed E-state index contributed by atoms with van der Waals surface area (Å²) in [5.74, 6) is 2.56. The summed E-state index contributed by atoms with van der Waals surface area (Å²) in [4.78, 5) is 5.31. The molecule has 2 aliphatic heterocycles. The molecule has 0 saturated carbocycles. The summed E-state index contributed by atoms with van der Waals surface area (Å²) < 4.78 is 0. The van der Waals surface area contributed by atoms with Crippen LogP contribution in [-0.2, 0) is 0 Å². The van der Waals surface area contributed by atoms with Gasteiger partial charge in [-0.25, -0.2) is 0 Å². The zero-order chi connectivity index (χ0) is 11.2. The lowest BCUT2D eigenvalue weighted by molar-refractivity contribution is 0.107. The van der Waals surface area contributed by atoms with Crippen LogP contribution in [0.2, 0.25) is 0 Å². The highest BCUT2D eigenvalue weighted by molar-refractivity contribution is 7.99. The van der Waals surface area contributed by atoms with E-state index in [0.717, 1.165) is 6.04 Å². The first-order valence-electron chi connectivity index (χ1n) is 6.65. The van der Waals surface area contributed by atoms with Crippen LogP contribution in [0.25, 0.3) is 0 Å². The Hall–Kier alpha value is 0.520. The molecule has 0 spiro atoms. The predicted octanol–water partition coefficient (Wildman–Crippen LogP) is 1.14. The molecule has 1 unspecified atom stereocenters. The number of rotatable bonds is 5. The van der Waals surface area contributed by atoms with Gasteiger partial charge in [0.05, 0.1) is 0 Å². The Labute approximate surface area is 116 Å². The minimum absolute atomic E-state index is 0. The summed E-state index contributed by atoms with van der Waals surface area (Å²) in [6.07, 6.45) is 1.35. The first-order chi connectivity index (χ1) is 7.90. The van der Waals surface area contributed by atoms with Crippen molar-refractivity contribution in [3.8, 4) is 0 Å². The maximum Gasteiger partial charge on any atom is 0.0233 e. The van der Waals surface area contributed by atoms with Gasteiger partial charge in [0, 0.05) is 51.1 Å². The normalized spacial score (nSPS) is 27.0.